The maximum atomic E-state index is 14.2. The molecule has 1 aliphatic rings. The van der Waals surface area contributed by atoms with Crippen LogP contribution in [0.15, 0.2) is 53.5 Å². The molecule has 1 aliphatic heterocycles. The summed E-state index contributed by atoms with van der Waals surface area (Å²) in [5.74, 6) is 0.118. The number of rotatable bonds is 2. The van der Waals surface area contributed by atoms with Crippen molar-refractivity contribution < 1.29 is 4.39 Å². The van der Waals surface area contributed by atoms with Crippen LogP contribution < -0.4 is 10.6 Å². The summed E-state index contributed by atoms with van der Waals surface area (Å²) in [4.78, 5) is 6.16. The largest absolute Gasteiger partial charge is 0.369 e. The van der Waals surface area contributed by atoms with Crippen LogP contribution in [0.1, 0.15) is 12.5 Å². The van der Waals surface area contributed by atoms with E-state index in [2.05, 4.69) is 4.99 Å². The van der Waals surface area contributed by atoms with Gasteiger partial charge in [0, 0.05) is 16.3 Å². The van der Waals surface area contributed by atoms with Crippen molar-refractivity contribution in [2.45, 2.75) is 12.5 Å². The molecule has 108 valence electrons. The van der Waals surface area contributed by atoms with Gasteiger partial charge in [-0.3, -0.25) is 4.99 Å². The van der Waals surface area contributed by atoms with E-state index in [1.54, 1.807) is 24.3 Å². The average molecular weight is 304 g/mol. The van der Waals surface area contributed by atoms with E-state index in [0.29, 0.717) is 23.1 Å². The zero-order chi connectivity index (χ0) is 15.0. The zero-order valence-electron chi connectivity index (χ0n) is 11.6. The summed E-state index contributed by atoms with van der Waals surface area (Å²) in [6, 6.07) is 14.0. The molecule has 5 heteroatoms. The molecule has 3 nitrogen and oxygen atoms in total. The fourth-order valence-electron chi connectivity index (χ4n) is 2.74. The van der Waals surface area contributed by atoms with Crippen molar-refractivity contribution in [2.24, 2.45) is 10.7 Å². The number of nitrogens with two attached hydrogens (primary N) is 1. The van der Waals surface area contributed by atoms with Crippen molar-refractivity contribution >= 4 is 23.2 Å². The van der Waals surface area contributed by atoms with Crippen LogP contribution >= 0.6 is 11.6 Å². The first-order chi connectivity index (χ1) is 10.0. The maximum absolute atomic E-state index is 14.2. The minimum absolute atomic E-state index is 0.260. The van der Waals surface area contributed by atoms with E-state index in [1.165, 1.54) is 6.07 Å². The molecule has 0 fully saturated rings. The Kier molecular flexibility index (Phi) is 3.33. The lowest BCUT2D eigenvalue weighted by Gasteiger charge is -2.36. The van der Waals surface area contributed by atoms with Gasteiger partial charge < -0.3 is 10.6 Å². The summed E-state index contributed by atoms with van der Waals surface area (Å²) in [7, 11) is 0. The molecule has 0 aromatic heterocycles. The molecule has 0 aliphatic carbocycles. The Morgan fingerprint density at radius 1 is 1.19 bits per heavy atom. The Labute approximate surface area is 127 Å². The van der Waals surface area contributed by atoms with Crippen molar-refractivity contribution in [1.29, 1.82) is 0 Å². The Bertz CT molecular complexity index is 699. The number of aliphatic imine (C=N–C) groups is 1. The van der Waals surface area contributed by atoms with Crippen LogP contribution in [0.4, 0.5) is 10.1 Å². The molecule has 1 heterocycles. The normalized spacial score (nSPS) is 21.5. The first-order valence-corrected chi connectivity index (χ1v) is 7.01. The van der Waals surface area contributed by atoms with Gasteiger partial charge >= 0.3 is 0 Å². The molecule has 0 radical (unpaired) electrons. The minimum Gasteiger partial charge on any atom is -0.369 e. The quantitative estimate of drug-likeness (QED) is 0.922. The summed E-state index contributed by atoms with van der Waals surface area (Å²) < 4.78 is 14.2. The Hall–Kier alpha value is -2.07. The van der Waals surface area contributed by atoms with E-state index in [4.69, 9.17) is 17.3 Å². The number of nitrogens with zero attached hydrogens (tertiary/aromatic N) is 2. The topological polar surface area (TPSA) is 41.6 Å². The van der Waals surface area contributed by atoms with E-state index >= 15 is 0 Å². The Balaban J connectivity index is 2.10. The van der Waals surface area contributed by atoms with Gasteiger partial charge in [0.1, 0.15) is 5.82 Å². The number of hydrogen-bond acceptors (Lipinski definition) is 3. The molecule has 0 bridgehead atoms. The number of hydrogen-bond donors (Lipinski definition) is 1. The molecule has 2 N–H and O–H groups in total. The summed E-state index contributed by atoms with van der Waals surface area (Å²) in [6.07, 6.45) is 0. The number of benzene rings is 2. The fourth-order valence-corrected chi connectivity index (χ4v) is 2.87. The molecule has 0 saturated carbocycles. The highest BCUT2D eigenvalue weighted by Gasteiger charge is 2.42. The number of guanidine groups is 1. The van der Waals surface area contributed by atoms with Crippen LogP contribution in [0, 0.1) is 5.82 Å². The second-order valence-electron chi connectivity index (χ2n) is 5.24. The molecule has 0 amide bonds. The summed E-state index contributed by atoms with van der Waals surface area (Å²) in [5, 5.41) is 0.640. The van der Waals surface area contributed by atoms with Gasteiger partial charge in [0.15, 0.2) is 5.96 Å². The highest BCUT2D eigenvalue weighted by molar-refractivity contribution is 6.30. The molecule has 0 spiro atoms. The molecule has 3 rings (SSSR count). The average Bonchev–Trinajstić information content (AvgIpc) is 2.77. The first-order valence-electron chi connectivity index (χ1n) is 6.63. The monoisotopic (exact) mass is 303 g/mol. The second kappa shape index (κ2) is 5.04. The molecule has 2 aromatic rings. The second-order valence-corrected chi connectivity index (χ2v) is 5.68. The standard InChI is InChI=1S/C16H15ClFN3/c1-16(13-4-2-3-5-14(13)18)10-20-15(19)21(16)12-8-6-11(17)7-9-12/h2-9H,10H2,1H3,(H2,19,20). The summed E-state index contributed by atoms with van der Waals surface area (Å²) in [5.41, 5.74) is 6.79. The van der Waals surface area contributed by atoms with E-state index in [1.807, 2.05) is 30.0 Å². The van der Waals surface area contributed by atoms with Gasteiger partial charge in [-0.2, -0.15) is 0 Å². The minimum atomic E-state index is -0.650. The van der Waals surface area contributed by atoms with Gasteiger partial charge in [0.05, 0.1) is 12.1 Å². The van der Waals surface area contributed by atoms with Gasteiger partial charge in [-0.05, 0) is 37.3 Å². The highest BCUT2D eigenvalue weighted by atomic mass is 35.5. The van der Waals surface area contributed by atoms with Crippen molar-refractivity contribution in [3.05, 3.63) is 64.9 Å². The van der Waals surface area contributed by atoms with Crippen molar-refractivity contribution in [2.75, 3.05) is 11.4 Å². The molecule has 1 atom stereocenters. The predicted octanol–water partition coefficient (Wildman–Crippen LogP) is 3.53. The third kappa shape index (κ3) is 2.25. The highest BCUT2D eigenvalue weighted by Crippen LogP contribution is 2.38. The SMILES string of the molecule is CC1(c2ccccc2F)CN=C(N)N1c1ccc(Cl)cc1. The lowest BCUT2D eigenvalue weighted by atomic mass is 9.90. The number of halogens is 2. The van der Waals surface area contributed by atoms with E-state index in [0.717, 1.165) is 5.69 Å². The van der Waals surface area contributed by atoms with Gasteiger partial charge in [-0.25, -0.2) is 4.39 Å². The first kappa shape index (κ1) is 13.9. The lowest BCUT2D eigenvalue weighted by Crippen LogP contribution is -2.48. The van der Waals surface area contributed by atoms with E-state index in [9.17, 15) is 4.39 Å². The van der Waals surface area contributed by atoms with Crippen LogP contribution in [0.3, 0.4) is 0 Å². The molecule has 0 saturated heterocycles. The zero-order valence-corrected chi connectivity index (χ0v) is 12.3. The van der Waals surface area contributed by atoms with E-state index in [-0.39, 0.29) is 5.82 Å². The van der Waals surface area contributed by atoms with E-state index < -0.39 is 5.54 Å². The molecular formula is C16H15ClFN3. The van der Waals surface area contributed by atoms with Crippen molar-refractivity contribution in [1.82, 2.24) is 0 Å². The summed E-state index contributed by atoms with van der Waals surface area (Å²) >= 11 is 5.93. The van der Waals surface area contributed by atoms with Crippen LogP contribution in [-0.2, 0) is 5.54 Å². The van der Waals surface area contributed by atoms with Crippen LogP contribution in [0.2, 0.25) is 5.02 Å². The predicted molar refractivity (Wildman–Crippen MR) is 84.2 cm³/mol. The molecule has 1 unspecified atom stereocenters. The van der Waals surface area contributed by atoms with Crippen LogP contribution in [0.25, 0.3) is 0 Å². The van der Waals surface area contributed by atoms with Gasteiger partial charge in [0.25, 0.3) is 0 Å². The van der Waals surface area contributed by atoms with Crippen LogP contribution in [-0.4, -0.2) is 12.5 Å². The third-order valence-corrected chi connectivity index (χ3v) is 4.06. The molecular weight excluding hydrogens is 289 g/mol. The Morgan fingerprint density at radius 3 is 2.52 bits per heavy atom. The third-order valence-electron chi connectivity index (χ3n) is 3.81. The van der Waals surface area contributed by atoms with Crippen molar-refractivity contribution in [3.63, 3.8) is 0 Å². The molecule has 2 aromatic carbocycles. The Morgan fingerprint density at radius 2 is 1.86 bits per heavy atom. The lowest BCUT2D eigenvalue weighted by molar-refractivity contribution is 0.488. The smallest absolute Gasteiger partial charge is 0.196 e. The maximum Gasteiger partial charge on any atom is 0.196 e. The van der Waals surface area contributed by atoms with Crippen LogP contribution in [0.5, 0.6) is 0 Å². The van der Waals surface area contributed by atoms with Gasteiger partial charge in [-0.1, -0.05) is 29.8 Å². The van der Waals surface area contributed by atoms with Gasteiger partial charge in [-0.15, -0.1) is 0 Å². The van der Waals surface area contributed by atoms with Crippen molar-refractivity contribution in [3.8, 4) is 0 Å². The fraction of sp³-hybridized carbons (Fsp3) is 0.188. The van der Waals surface area contributed by atoms with Gasteiger partial charge in [0.2, 0.25) is 0 Å². The molecule has 21 heavy (non-hydrogen) atoms. The number of anilines is 1. The summed E-state index contributed by atoms with van der Waals surface area (Å²) in [6.45, 7) is 2.34.